The molecule has 7 nitrogen and oxygen atoms in total. The molecule has 2 aromatic rings. The van der Waals surface area contributed by atoms with E-state index in [1.807, 2.05) is 0 Å². The molecule has 0 bridgehead atoms. The van der Waals surface area contributed by atoms with Crippen molar-refractivity contribution in [1.29, 1.82) is 0 Å². The Hall–Kier alpha value is -3.42. The molecule has 29 heavy (non-hydrogen) atoms. The van der Waals surface area contributed by atoms with E-state index < -0.39 is 0 Å². The van der Waals surface area contributed by atoms with Crippen molar-refractivity contribution < 1.29 is 18.8 Å². The second-order valence-electron chi connectivity index (χ2n) is 6.83. The van der Waals surface area contributed by atoms with E-state index in [0.29, 0.717) is 37.6 Å². The summed E-state index contributed by atoms with van der Waals surface area (Å²) >= 11 is 0. The number of piperazine rings is 1. The summed E-state index contributed by atoms with van der Waals surface area (Å²) in [7, 11) is 0. The molecule has 0 saturated carbocycles. The normalized spacial score (nSPS) is 13.7. The molecule has 1 aliphatic heterocycles. The number of carbonyl (C=O) groups excluding carboxylic acids is 3. The zero-order valence-corrected chi connectivity index (χ0v) is 16.2. The summed E-state index contributed by atoms with van der Waals surface area (Å²) in [5.74, 6) is -1.07. The van der Waals surface area contributed by atoms with Crippen LogP contribution in [0.2, 0.25) is 0 Å². The molecular formula is C21H23FN4O3. The number of nitrogens with one attached hydrogen (secondary N) is 2. The van der Waals surface area contributed by atoms with Crippen molar-refractivity contribution in [3.05, 3.63) is 54.3 Å². The zero-order chi connectivity index (χ0) is 20.8. The predicted octanol–water partition coefficient (Wildman–Crippen LogP) is 2.46. The Bertz CT molecular complexity index is 876. The smallest absolute Gasteiger partial charge is 0.233 e. The van der Waals surface area contributed by atoms with Gasteiger partial charge in [0.2, 0.25) is 17.7 Å². The lowest BCUT2D eigenvalue weighted by atomic mass is 10.2. The Morgan fingerprint density at radius 1 is 0.862 bits per heavy atom. The van der Waals surface area contributed by atoms with Crippen LogP contribution in [0.1, 0.15) is 13.3 Å². The molecule has 1 aliphatic rings. The average Bonchev–Trinajstić information content (AvgIpc) is 2.70. The van der Waals surface area contributed by atoms with Crippen LogP contribution in [0.3, 0.4) is 0 Å². The molecule has 152 valence electrons. The van der Waals surface area contributed by atoms with Gasteiger partial charge in [0.05, 0.1) is 0 Å². The van der Waals surface area contributed by atoms with Gasteiger partial charge in [-0.05, 0) is 48.5 Å². The maximum Gasteiger partial charge on any atom is 0.233 e. The first-order chi connectivity index (χ1) is 13.9. The van der Waals surface area contributed by atoms with Gasteiger partial charge in [0.25, 0.3) is 0 Å². The monoisotopic (exact) mass is 398 g/mol. The van der Waals surface area contributed by atoms with E-state index in [1.54, 1.807) is 41.3 Å². The van der Waals surface area contributed by atoms with E-state index in [0.717, 1.165) is 5.69 Å². The standard InChI is InChI=1S/C21H23FN4O3/c1-15(27)23-17-4-6-18(7-5-17)24-20(28)14-21(29)26-12-10-25(11-13-26)19-8-2-16(22)3-9-19/h2-9H,10-14H2,1H3,(H,23,27)(H,24,28). The van der Waals surface area contributed by atoms with Gasteiger partial charge in [-0.3, -0.25) is 14.4 Å². The molecule has 8 heteroatoms. The molecule has 2 N–H and O–H groups in total. The number of hydrogen-bond acceptors (Lipinski definition) is 4. The van der Waals surface area contributed by atoms with Crippen LogP contribution >= 0.6 is 0 Å². The van der Waals surface area contributed by atoms with Crippen molar-refractivity contribution in [2.45, 2.75) is 13.3 Å². The molecular weight excluding hydrogens is 375 g/mol. The first kappa shape index (κ1) is 20.3. The van der Waals surface area contributed by atoms with Gasteiger partial charge in [-0.2, -0.15) is 0 Å². The summed E-state index contributed by atoms with van der Waals surface area (Å²) in [6.45, 7) is 3.69. The lowest BCUT2D eigenvalue weighted by Gasteiger charge is -2.36. The molecule has 3 rings (SSSR count). The second-order valence-corrected chi connectivity index (χ2v) is 6.83. The number of amides is 3. The maximum absolute atomic E-state index is 13.0. The number of benzene rings is 2. The van der Waals surface area contributed by atoms with Gasteiger partial charge >= 0.3 is 0 Å². The lowest BCUT2D eigenvalue weighted by molar-refractivity contribution is -0.134. The molecule has 0 unspecified atom stereocenters. The van der Waals surface area contributed by atoms with Crippen LogP contribution in [0.15, 0.2) is 48.5 Å². The molecule has 0 atom stereocenters. The van der Waals surface area contributed by atoms with Crippen LogP contribution in [-0.4, -0.2) is 48.8 Å². The fourth-order valence-corrected chi connectivity index (χ4v) is 3.16. The number of rotatable bonds is 5. The van der Waals surface area contributed by atoms with Gasteiger partial charge in [0, 0.05) is 50.2 Å². The van der Waals surface area contributed by atoms with Gasteiger partial charge in [-0.25, -0.2) is 4.39 Å². The largest absolute Gasteiger partial charge is 0.368 e. The summed E-state index contributed by atoms with van der Waals surface area (Å²) in [5, 5.41) is 5.33. The topological polar surface area (TPSA) is 81.8 Å². The van der Waals surface area contributed by atoms with E-state index in [1.165, 1.54) is 19.1 Å². The lowest BCUT2D eigenvalue weighted by Crippen LogP contribution is -2.49. The van der Waals surface area contributed by atoms with Gasteiger partial charge in [0.15, 0.2) is 0 Å². The van der Waals surface area contributed by atoms with Gasteiger partial charge in [-0.1, -0.05) is 0 Å². The molecule has 1 fully saturated rings. The molecule has 3 amide bonds. The molecule has 0 spiro atoms. The molecule has 2 aromatic carbocycles. The number of carbonyl (C=O) groups is 3. The highest BCUT2D eigenvalue weighted by atomic mass is 19.1. The van der Waals surface area contributed by atoms with Crippen molar-refractivity contribution in [1.82, 2.24) is 4.90 Å². The van der Waals surface area contributed by atoms with Crippen molar-refractivity contribution >= 4 is 34.8 Å². The van der Waals surface area contributed by atoms with Crippen LogP contribution in [-0.2, 0) is 14.4 Å². The molecule has 0 radical (unpaired) electrons. The minimum Gasteiger partial charge on any atom is -0.368 e. The highest BCUT2D eigenvalue weighted by Crippen LogP contribution is 2.18. The average molecular weight is 398 g/mol. The van der Waals surface area contributed by atoms with Crippen molar-refractivity contribution in [3.8, 4) is 0 Å². The van der Waals surface area contributed by atoms with Gasteiger partial charge < -0.3 is 20.4 Å². The quantitative estimate of drug-likeness (QED) is 0.758. The minimum absolute atomic E-state index is 0.174. The maximum atomic E-state index is 13.0. The van der Waals surface area contributed by atoms with E-state index >= 15 is 0 Å². The minimum atomic E-state index is -0.386. The van der Waals surface area contributed by atoms with E-state index in [4.69, 9.17) is 0 Å². The number of anilines is 3. The Morgan fingerprint density at radius 3 is 1.97 bits per heavy atom. The van der Waals surface area contributed by atoms with E-state index in [2.05, 4.69) is 15.5 Å². The highest BCUT2D eigenvalue weighted by molar-refractivity contribution is 6.03. The highest BCUT2D eigenvalue weighted by Gasteiger charge is 2.23. The third-order valence-corrected chi connectivity index (χ3v) is 4.62. The third-order valence-electron chi connectivity index (χ3n) is 4.62. The van der Waals surface area contributed by atoms with Crippen LogP contribution in [0.5, 0.6) is 0 Å². The van der Waals surface area contributed by atoms with Crippen LogP contribution < -0.4 is 15.5 Å². The predicted molar refractivity (Wildman–Crippen MR) is 109 cm³/mol. The van der Waals surface area contributed by atoms with Gasteiger partial charge in [0.1, 0.15) is 12.2 Å². The fourth-order valence-electron chi connectivity index (χ4n) is 3.16. The first-order valence-electron chi connectivity index (χ1n) is 9.36. The third kappa shape index (κ3) is 5.78. The summed E-state index contributed by atoms with van der Waals surface area (Å²) in [6, 6.07) is 12.9. The molecule has 1 heterocycles. The van der Waals surface area contributed by atoms with Crippen molar-refractivity contribution in [2.75, 3.05) is 41.7 Å². The fraction of sp³-hybridized carbons (Fsp3) is 0.286. The number of nitrogens with zero attached hydrogens (tertiary/aromatic N) is 2. The SMILES string of the molecule is CC(=O)Nc1ccc(NC(=O)CC(=O)N2CCN(c3ccc(F)cc3)CC2)cc1. The Morgan fingerprint density at radius 2 is 1.41 bits per heavy atom. The summed E-state index contributed by atoms with van der Waals surface area (Å²) in [4.78, 5) is 39.4. The molecule has 0 aromatic heterocycles. The molecule has 0 aliphatic carbocycles. The second kappa shape index (κ2) is 9.18. The van der Waals surface area contributed by atoms with Crippen LogP contribution in [0, 0.1) is 5.82 Å². The summed E-state index contributed by atoms with van der Waals surface area (Å²) in [5.41, 5.74) is 2.10. The van der Waals surface area contributed by atoms with Crippen LogP contribution in [0.4, 0.5) is 21.5 Å². The Balaban J connectivity index is 1.46. The number of halogens is 1. The van der Waals surface area contributed by atoms with Gasteiger partial charge in [-0.15, -0.1) is 0 Å². The van der Waals surface area contributed by atoms with Crippen molar-refractivity contribution in [2.24, 2.45) is 0 Å². The zero-order valence-electron chi connectivity index (χ0n) is 16.2. The number of hydrogen-bond donors (Lipinski definition) is 2. The Labute approximate surface area is 168 Å². The van der Waals surface area contributed by atoms with Crippen molar-refractivity contribution in [3.63, 3.8) is 0 Å². The van der Waals surface area contributed by atoms with E-state index in [-0.39, 0.29) is 30.0 Å². The summed E-state index contributed by atoms with van der Waals surface area (Å²) in [6.07, 6.45) is -0.232. The summed E-state index contributed by atoms with van der Waals surface area (Å²) < 4.78 is 13.0. The Kier molecular flexibility index (Phi) is 6.43. The van der Waals surface area contributed by atoms with Crippen LogP contribution in [0.25, 0.3) is 0 Å². The first-order valence-corrected chi connectivity index (χ1v) is 9.36. The van der Waals surface area contributed by atoms with E-state index in [9.17, 15) is 18.8 Å². The molecule has 1 saturated heterocycles.